The topological polar surface area (TPSA) is 65.5 Å². The highest BCUT2D eigenvalue weighted by atomic mass is 16.2. The molecule has 2 saturated heterocycles. The Morgan fingerprint density at radius 1 is 1.22 bits per heavy atom. The lowest BCUT2D eigenvalue weighted by Gasteiger charge is -2.47. The molecule has 0 aromatic carbocycles. The van der Waals surface area contributed by atoms with Crippen molar-refractivity contribution < 1.29 is 9.59 Å². The molecular formula is C21H28N4O2. The Kier molecular flexibility index (Phi) is 5.25. The second-order valence-electron chi connectivity index (χ2n) is 8.06. The van der Waals surface area contributed by atoms with E-state index >= 15 is 0 Å². The van der Waals surface area contributed by atoms with Gasteiger partial charge in [0.2, 0.25) is 11.8 Å². The molecule has 1 spiro atoms. The van der Waals surface area contributed by atoms with E-state index in [0.29, 0.717) is 6.42 Å². The van der Waals surface area contributed by atoms with E-state index in [2.05, 4.69) is 10.3 Å². The monoisotopic (exact) mass is 368 g/mol. The van der Waals surface area contributed by atoms with Crippen molar-refractivity contribution in [1.29, 1.82) is 0 Å². The molecule has 4 heterocycles. The van der Waals surface area contributed by atoms with Crippen LogP contribution in [0.25, 0.3) is 0 Å². The lowest BCUT2D eigenvalue weighted by atomic mass is 9.72. The van der Waals surface area contributed by atoms with Gasteiger partial charge in [-0.15, -0.1) is 0 Å². The fraction of sp³-hybridized carbons (Fsp3) is 0.571. The summed E-state index contributed by atoms with van der Waals surface area (Å²) >= 11 is 0. The van der Waals surface area contributed by atoms with E-state index in [1.165, 1.54) is 5.56 Å². The summed E-state index contributed by atoms with van der Waals surface area (Å²) in [5.41, 5.74) is 1.40. The number of likely N-dealkylation sites (tertiary alicyclic amines) is 2. The third-order valence-corrected chi connectivity index (χ3v) is 6.35. The van der Waals surface area contributed by atoms with Crippen molar-refractivity contribution in [3.63, 3.8) is 0 Å². The van der Waals surface area contributed by atoms with Gasteiger partial charge < -0.3 is 9.80 Å². The number of hydrogen-bond donors (Lipinski definition) is 1. The predicted octanol–water partition coefficient (Wildman–Crippen LogP) is 1.38. The fourth-order valence-corrected chi connectivity index (χ4v) is 4.56. The Morgan fingerprint density at radius 3 is 2.70 bits per heavy atom. The van der Waals surface area contributed by atoms with Crippen LogP contribution in [0.1, 0.15) is 31.2 Å². The van der Waals surface area contributed by atoms with E-state index in [0.717, 1.165) is 58.4 Å². The number of aromatic nitrogens is 1. The number of pyridine rings is 1. The lowest BCUT2D eigenvalue weighted by Crippen LogP contribution is -2.54. The number of carbonyl (C=O) groups excluding carboxylic acids is 2. The zero-order chi connectivity index (χ0) is 18.7. The first-order valence-electron chi connectivity index (χ1n) is 10.0. The Balaban J connectivity index is 1.33. The van der Waals surface area contributed by atoms with Crippen molar-refractivity contribution >= 4 is 11.8 Å². The Labute approximate surface area is 160 Å². The lowest BCUT2D eigenvalue weighted by molar-refractivity contribution is -0.142. The highest BCUT2D eigenvalue weighted by Gasteiger charge is 2.42. The zero-order valence-electron chi connectivity index (χ0n) is 15.8. The summed E-state index contributed by atoms with van der Waals surface area (Å²) in [5.74, 6) is 0.466. The minimum absolute atomic E-state index is 0.149. The summed E-state index contributed by atoms with van der Waals surface area (Å²) < 4.78 is 0. The standard InChI is InChI=1S/C21H28N4O2/c26-19-3-7-21(16-25(19)13-6-17-4-11-22-12-5-17)8-14-24(15-9-21)20(27)18-2-1-10-23-18/h1-2,4-5,11-12,18,23H,3,6-10,13-16H2. The van der Waals surface area contributed by atoms with Gasteiger partial charge in [-0.2, -0.15) is 0 Å². The molecule has 144 valence electrons. The first-order chi connectivity index (χ1) is 13.2. The maximum absolute atomic E-state index is 12.6. The molecule has 0 radical (unpaired) electrons. The van der Waals surface area contributed by atoms with Crippen molar-refractivity contribution in [2.75, 3.05) is 32.7 Å². The summed E-state index contributed by atoms with van der Waals surface area (Å²) in [4.78, 5) is 33.1. The Hall–Kier alpha value is -2.21. The quantitative estimate of drug-likeness (QED) is 0.816. The van der Waals surface area contributed by atoms with E-state index in [-0.39, 0.29) is 23.3 Å². The molecule has 6 nitrogen and oxygen atoms in total. The molecular weight excluding hydrogens is 340 g/mol. The van der Waals surface area contributed by atoms with Crippen molar-refractivity contribution in [2.24, 2.45) is 5.41 Å². The predicted molar refractivity (Wildman–Crippen MR) is 103 cm³/mol. The Bertz CT molecular complexity index is 710. The van der Waals surface area contributed by atoms with Crippen molar-refractivity contribution in [3.05, 3.63) is 42.2 Å². The van der Waals surface area contributed by atoms with E-state index in [1.807, 2.05) is 34.1 Å². The minimum atomic E-state index is -0.149. The number of nitrogens with one attached hydrogen (secondary N) is 1. The highest BCUT2D eigenvalue weighted by molar-refractivity contribution is 5.84. The highest BCUT2D eigenvalue weighted by Crippen LogP contribution is 2.40. The van der Waals surface area contributed by atoms with Gasteiger partial charge in [0.15, 0.2) is 0 Å². The molecule has 1 aromatic heterocycles. The number of hydrogen-bond acceptors (Lipinski definition) is 4. The molecule has 0 bridgehead atoms. The third-order valence-electron chi connectivity index (χ3n) is 6.35. The van der Waals surface area contributed by atoms with Crippen LogP contribution in [0.4, 0.5) is 0 Å². The second kappa shape index (κ2) is 7.80. The average Bonchev–Trinajstić information content (AvgIpc) is 3.25. The van der Waals surface area contributed by atoms with E-state index in [9.17, 15) is 9.59 Å². The van der Waals surface area contributed by atoms with Gasteiger partial charge in [0.1, 0.15) is 6.04 Å². The Morgan fingerprint density at radius 2 is 2.00 bits per heavy atom. The van der Waals surface area contributed by atoms with Crippen LogP contribution in [0.5, 0.6) is 0 Å². The first-order valence-corrected chi connectivity index (χ1v) is 10.0. The van der Waals surface area contributed by atoms with Crippen LogP contribution in [-0.2, 0) is 16.0 Å². The number of amides is 2. The largest absolute Gasteiger partial charge is 0.342 e. The zero-order valence-corrected chi connectivity index (χ0v) is 15.8. The smallest absolute Gasteiger partial charge is 0.243 e. The summed E-state index contributed by atoms with van der Waals surface area (Å²) in [6.07, 6.45) is 12.0. The second-order valence-corrected chi connectivity index (χ2v) is 8.06. The molecule has 3 aliphatic rings. The maximum Gasteiger partial charge on any atom is 0.243 e. The molecule has 2 fully saturated rings. The van der Waals surface area contributed by atoms with Crippen LogP contribution >= 0.6 is 0 Å². The molecule has 4 rings (SSSR count). The molecule has 0 saturated carbocycles. The third kappa shape index (κ3) is 4.05. The SMILES string of the molecule is O=C1CCC2(CCN(C(=O)C3C=CCN3)CC2)CN1CCc1ccncc1. The van der Waals surface area contributed by atoms with Crippen LogP contribution in [0.15, 0.2) is 36.7 Å². The van der Waals surface area contributed by atoms with Crippen LogP contribution in [0.2, 0.25) is 0 Å². The van der Waals surface area contributed by atoms with Gasteiger partial charge in [-0.1, -0.05) is 12.2 Å². The molecule has 1 aromatic rings. The maximum atomic E-state index is 12.6. The number of carbonyl (C=O) groups is 2. The van der Waals surface area contributed by atoms with Crippen molar-refractivity contribution in [1.82, 2.24) is 20.1 Å². The summed E-state index contributed by atoms with van der Waals surface area (Å²) in [7, 11) is 0. The molecule has 6 heteroatoms. The molecule has 3 aliphatic heterocycles. The normalized spacial score (nSPS) is 24.6. The van der Waals surface area contributed by atoms with Gasteiger partial charge in [-0.05, 0) is 48.8 Å². The van der Waals surface area contributed by atoms with Gasteiger partial charge >= 0.3 is 0 Å². The fourth-order valence-electron chi connectivity index (χ4n) is 4.56. The summed E-state index contributed by atoms with van der Waals surface area (Å²) in [6.45, 7) is 3.99. The molecule has 2 amide bonds. The van der Waals surface area contributed by atoms with Gasteiger partial charge in [-0.25, -0.2) is 0 Å². The molecule has 27 heavy (non-hydrogen) atoms. The van der Waals surface area contributed by atoms with Gasteiger partial charge in [0, 0.05) is 51.5 Å². The average molecular weight is 368 g/mol. The van der Waals surface area contributed by atoms with E-state index in [1.54, 1.807) is 12.4 Å². The molecule has 1 N–H and O–H groups in total. The van der Waals surface area contributed by atoms with Crippen LogP contribution in [0.3, 0.4) is 0 Å². The van der Waals surface area contributed by atoms with Crippen molar-refractivity contribution in [3.8, 4) is 0 Å². The summed E-state index contributed by atoms with van der Waals surface area (Å²) in [5, 5.41) is 3.21. The summed E-state index contributed by atoms with van der Waals surface area (Å²) in [6, 6.07) is 3.88. The van der Waals surface area contributed by atoms with Gasteiger partial charge in [0.25, 0.3) is 0 Å². The molecule has 1 atom stereocenters. The van der Waals surface area contributed by atoms with E-state index in [4.69, 9.17) is 0 Å². The van der Waals surface area contributed by atoms with Crippen LogP contribution in [0, 0.1) is 5.41 Å². The van der Waals surface area contributed by atoms with Crippen molar-refractivity contribution in [2.45, 2.75) is 38.1 Å². The number of rotatable bonds is 4. The van der Waals surface area contributed by atoms with E-state index < -0.39 is 0 Å². The number of nitrogens with zero attached hydrogens (tertiary/aromatic N) is 3. The van der Waals surface area contributed by atoms with Crippen LogP contribution in [-0.4, -0.2) is 65.4 Å². The molecule has 1 unspecified atom stereocenters. The minimum Gasteiger partial charge on any atom is -0.342 e. The molecule has 0 aliphatic carbocycles. The van der Waals surface area contributed by atoms with Gasteiger partial charge in [0.05, 0.1) is 0 Å². The number of piperidine rings is 2. The first kappa shape index (κ1) is 18.2. The van der Waals surface area contributed by atoms with Crippen LogP contribution < -0.4 is 5.32 Å². The van der Waals surface area contributed by atoms with Gasteiger partial charge in [-0.3, -0.25) is 19.9 Å².